The highest BCUT2D eigenvalue weighted by Crippen LogP contribution is 2.21. The van der Waals surface area contributed by atoms with Crippen LogP contribution in [0.15, 0.2) is 42.5 Å². The first-order chi connectivity index (χ1) is 8.56. The molecule has 0 spiro atoms. The molecule has 0 aromatic heterocycles. The molecular weight excluding hydrogens is 231 g/mol. The summed E-state index contributed by atoms with van der Waals surface area (Å²) in [7, 11) is 1.88. The van der Waals surface area contributed by atoms with Gasteiger partial charge in [-0.3, -0.25) is 0 Å². The smallest absolute Gasteiger partial charge is 0.146 e. The van der Waals surface area contributed by atoms with Crippen molar-refractivity contribution < 1.29 is 9.50 Å². The third-order valence-electron chi connectivity index (χ3n) is 2.76. The van der Waals surface area contributed by atoms with Crippen LogP contribution in [0, 0.1) is 5.82 Å². The molecule has 0 fully saturated rings. The Kier molecular flexibility index (Phi) is 3.37. The number of benzene rings is 2. The van der Waals surface area contributed by atoms with Crippen molar-refractivity contribution in [2.45, 2.75) is 6.54 Å². The van der Waals surface area contributed by atoms with Crippen LogP contribution >= 0.6 is 0 Å². The van der Waals surface area contributed by atoms with Crippen molar-refractivity contribution in [1.82, 2.24) is 0 Å². The monoisotopic (exact) mass is 246 g/mol. The van der Waals surface area contributed by atoms with Crippen molar-refractivity contribution in [1.29, 1.82) is 0 Å². The number of nitrogens with zero attached hydrogens (tertiary/aromatic N) is 1. The molecule has 0 heterocycles. The maximum absolute atomic E-state index is 13.3. The Morgan fingerprint density at radius 3 is 2.67 bits per heavy atom. The van der Waals surface area contributed by atoms with E-state index in [2.05, 4.69) is 0 Å². The van der Waals surface area contributed by atoms with Crippen molar-refractivity contribution in [3.8, 4) is 5.75 Å². The van der Waals surface area contributed by atoms with Gasteiger partial charge in [0.25, 0.3) is 0 Å². The van der Waals surface area contributed by atoms with Gasteiger partial charge in [0.2, 0.25) is 0 Å². The van der Waals surface area contributed by atoms with Crippen molar-refractivity contribution in [3.05, 3.63) is 53.8 Å². The number of nitrogen functional groups attached to an aromatic ring is 1. The molecule has 0 bridgehead atoms. The second-order valence-electron chi connectivity index (χ2n) is 4.23. The van der Waals surface area contributed by atoms with E-state index in [-0.39, 0.29) is 11.4 Å². The van der Waals surface area contributed by atoms with Gasteiger partial charge in [0.1, 0.15) is 11.6 Å². The van der Waals surface area contributed by atoms with Crippen LogP contribution in [0.5, 0.6) is 5.75 Å². The molecule has 18 heavy (non-hydrogen) atoms. The van der Waals surface area contributed by atoms with Crippen LogP contribution in [0.4, 0.5) is 15.8 Å². The highest BCUT2D eigenvalue weighted by molar-refractivity contribution is 5.50. The lowest BCUT2D eigenvalue weighted by Crippen LogP contribution is -2.16. The highest BCUT2D eigenvalue weighted by Gasteiger charge is 2.05. The number of aromatic hydroxyl groups is 1. The molecule has 3 nitrogen and oxygen atoms in total. The van der Waals surface area contributed by atoms with Crippen LogP contribution in [0.25, 0.3) is 0 Å². The minimum Gasteiger partial charge on any atom is -0.508 e. The van der Waals surface area contributed by atoms with Crippen LogP contribution in [-0.4, -0.2) is 12.2 Å². The van der Waals surface area contributed by atoms with Crippen molar-refractivity contribution in [2.24, 2.45) is 0 Å². The second kappa shape index (κ2) is 4.96. The summed E-state index contributed by atoms with van der Waals surface area (Å²) < 4.78 is 13.3. The molecule has 94 valence electrons. The van der Waals surface area contributed by atoms with Crippen molar-refractivity contribution in [3.63, 3.8) is 0 Å². The van der Waals surface area contributed by atoms with E-state index in [0.717, 1.165) is 11.3 Å². The van der Waals surface area contributed by atoms with Gasteiger partial charge in [0.05, 0.1) is 5.69 Å². The third-order valence-corrected chi connectivity index (χ3v) is 2.76. The van der Waals surface area contributed by atoms with Crippen LogP contribution < -0.4 is 10.6 Å². The van der Waals surface area contributed by atoms with Crippen molar-refractivity contribution >= 4 is 11.4 Å². The average molecular weight is 246 g/mol. The van der Waals surface area contributed by atoms with Gasteiger partial charge in [-0.15, -0.1) is 0 Å². The van der Waals surface area contributed by atoms with E-state index in [0.29, 0.717) is 6.54 Å². The Bertz CT molecular complexity index is 557. The molecule has 0 saturated carbocycles. The summed E-state index contributed by atoms with van der Waals surface area (Å²) in [5, 5.41) is 9.41. The fraction of sp³-hybridized carbons (Fsp3) is 0.143. The fourth-order valence-electron chi connectivity index (χ4n) is 1.76. The zero-order chi connectivity index (χ0) is 13.1. The number of anilines is 2. The lowest BCUT2D eigenvalue weighted by Gasteiger charge is -2.19. The zero-order valence-electron chi connectivity index (χ0n) is 10.1. The molecule has 0 aliphatic rings. The second-order valence-corrected chi connectivity index (χ2v) is 4.23. The zero-order valence-corrected chi connectivity index (χ0v) is 10.1. The maximum atomic E-state index is 13.3. The lowest BCUT2D eigenvalue weighted by molar-refractivity contribution is 0.475. The maximum Gasteiger partial charge on any atom is 0.146 e. The van der Waals surface area contributed by atoms with Crippen LogP contribution in [0.1, 0.15) is 5.56 Å². The topological polar surface area (TPSA) is 49.5 Å². The number of hydrogen-bond donors (Lipinski definition) is 2. The molecule has 2 aromatic rings. The Balaban J connectivity index is 2.16. The number of halogens is 1. The number of rotatable bonds is 3. The third kappa shape index (κ3) is 2.71. The number of hydrogen-bond acceptors (Lipinski definition) is 3. The van der Waals surface area contributed by atoms with Crippen molar-refractivity contribution in [2.75, 3.05) is 17.7 Å². The average Bonchev–Trinajstić information content (AvgIpc) is 2.34. The van der Waals surface area contributed by atoms with E-state index in [1.54, 1.807) is 30.3 Å². The summed E-state index contributed by atoms with van der Waals surface area (Å²) in [5.74, 6) is -0.195. The van der Waals surface area contributed by atoms with E-state index < -0.39 is 5.82 Å². The molecule has 0 amide bonds. The van der Waals surface area contributed by atoms with Gasteiger partial charge in [0, 0.05) is 25.3 Å². The Hall–Kier alpha value is -2.23. The molecule has 0 atom stereocenters. The minimum absolute atomic E-state index is 0.152. The van der Waals surface area contributed by atoms with Crippen LogP contribution in [-0.2, 0) is 6.54 Å². The van der Waals surface area contributed by atoms with Gasteiger partial charge in [-0.1, -0.05) is 12.1 Å². The fourth-order valence-corrected chi connectivity index (χ4v) is 1.76. The SMILES string of the molecule is CN(Cc1ccc(N)c(F)c1)c1cccc(O)c1. The van der Waals surface area contributed by atoms with Gasteiger partial charge in [-0.05, 0) is 29.8 Å². The summed E-state index contributed by atoms with van der Waals surface area (Å²) in [4.78, 5) is 1.92. The lowest BCUT2D eigenvalue weighted by atomic mass is 10.1. The summed E-state index contributed by atoms with van der Waals surface area (Å²) in [5.41, 5.74) is 7.27. The van der Waals surface area contributed by atoms with Gasteiger partial charge >= 0.3 is 0 Å². The standard InChI is InChI=1S/C14H15FN2O/c1-17(11-3-2-4-12(18)8-11)9-10-5-6-14(16)13(15)7-10/h2-8,18H,9,16H2,1H3. The largest absolute Gasteiger partial charge is 0.508 e. The quantitative estimate of drug-likeness (QED) is 0.819. The Morgan fingerprint density at radius 1 is 1.22 bits per heavy atom. The normalized spacial score (nSPS) is 10.3. The van der Waals surface area contributed by atoms with E-state index in [4.69, 9.17) is 5.73 Å². The molecule has 4 heteroatoms. The summed E-state index contributed by atoms with van der Waals surface area (Å²) >= 11 is 0. The number of nitrogens with two attached hydrogens (primary N) is 1. The van der Waals surface area contributed by atoms with E-state index >= 15 is 0 Å². The van der Waals surface area contributed by atoms with Gasteiger partial charge < -0.3 is 15.7 Å². The summed E-state index contributed by atoms with van der Waals surface area (Å²) in [6.45, 7) is 0.542. The van der Waals surface area contributed by atoms with E-state index in [9.17, 15) is 9.50 Å². The van der Waals surface area contributed by atoms with Crippen LogP contribution in [0.2, 0.25) is 0 Å². The molecule has 0 radical (unpaired) electrons. The molecule has 0 aliphatic carbocycles. The first-order valence-electron chi connectivity index (χ1n) is 5.60. The van der Waals surface area contributed by atoms with E-state index in [1.807, 2.05) is 18.0 Å². The molecule has 3 N–H and O–H groups in total. The summed E-state index contributed by atoms with van der Waals surface area (Å²) in [6, 6.07) is 11.7. The molecule has 0 aliphatic heterocycles. The number of phenolic OH excluding ortho intramolecular Hbond substituents is 1. The number of phenols is 1. The van der Waals surface area contributed by atoms with Gasteiger partial charge in [-0.2, -0.15) is 0 Å². The molecule has 0 unspecified atom stereocenters. The highest BCUT2D eigenvalue weighted by atomic mass is 19.1. The minimum atomic E-state index is -0.406. The first kappa shape index (κ1) is 12.2. The van der Waals surface area contributed by atoms with Crippen LogP contribution in [0.3, 0.4) is 0 Å². The summed E-state index contributed by atoms with van der Waals surface area (Å²) in [6.07, 6.45) is 0. The van der Waals surface area contributed by atoms with Gasteiger partial charge in [-0.25, -0.2) is 4.39 Å². The molecular formula is C14H15FN2O. The van der Waals surface area contributed by atoms with E-state index in [1.165, 1.54) is 6.07 Å². The Labute approximate surface area is 105 Å². The first-order valence-corrected chi connectivity index (χ1v) is 5.60. The predicted octanol–water partition coefficient (Wildman–Crippen LogP) is 2.75. The molecule has 2 aromatic carbocycles. The molecule has 0 saturated heterocycles. The van der Waals surface area contributed by atoms with Gasteiger partial charge in [0.15, 0.2) is 0 Å². The Morgan fingerprint density at radius 2 is 2.00 bits per heavy atom. The molecule has 2 rings (SSSR count). The predicted molar refractivity (Wildman–Crippen MR) is 71.0 cm³/mol.